The number of aromatic nitrogens is 6. The first kappa shape index (κ1) is 40.8. The molecule has 4 N–H and O–H groups in total. The van der Waals surface area contributed by atoms with Gasteiger partial charge in [-0.05, 0) is 60.4 Å². The monoisotopic (exact) mass is 889 g/mol. The fraction of sp³-hybridized carbons (Fsp3) is 0.293. The Morgan fingerprint density at radius 3 is 1.62 bits per heavy atom. The van der Waals surface area contributed by atoms with Gasteiger partial charge < -0.3 is 11.5 Å². The van der Waals surface area contributed by atoms with Crippen LogP contribution in [0.2, 0.25) is 5.02 Å². The minimum atomic E-state index is -1.52. The smallest absolute Gasteiger partial charge is 0.164 e. The Bertz CT molecular complexity index is 2880. The molecule has 2 fully saturated rings. The van der Waals surface area contributed by atoms with Crippen molar-refractivity contribution in [1.82, 2.24) is 29.9 Å². The molecule has 4 aromatic heterocycles. The minimum Gasteiger partial charge on any atom is -0.379 e. The molecule has 0 spiro atoms. The number of hydrogen-bond donors (Lipinski definition) is 2. The van der Waals surface area contributed by atoms with Crippen molar-refractivity contribution < 1.29 is 26.3 Å². The number of pyridine rings is 2. The molecule has 0 amide bonds. The third-order valence-electron chi connectivity index (χ3n) is 11.3. The summed E-state index contributed by atoms with van der Waals surface area (Å²) in [5, 5.41) is 9.98. The van der Waals surface area contributed by atoms with Crippen molar-refractivity contribution in [1.29, 1.82) is 5.26 Å². The lowest BCUT2D eigenvalue weighted by Crippen LogP contribution is -2.37. The maximum Gasteiger partial charge on any atom is 0.164 e. The van der Waals surface area contributed by atoms with Crippen LogP contribution in [-0.2, 0) is 23.9 Å². The van der Waals surface area contributed by atoms with Gasteiger partial charge in [-0.2, -0.15) is 5.26 Å². The van der Waals surface area contributed by atoms with E-state index in [1.54, 1.807) is 12.1 Å². The predicted octanol–water partition coefficient (Wildman–Crippen LogP) is 7.54. The molecule has 310 valence electrons. The van der Waals surface area contributed by atoms with Gasteiger partial charge >= 0.3 is 0 Å². The van der Waals surface area contributed by atoms with Crippen LogP contribution in [0.1, 0.15) is 52.0 Å². The van der Waals surface area contributed by atoms with Crippen LogP contribution in [0.25, 0.3) is 22.1 Å². The number of hydrogen-bond acceptors (Lipinski definition) is 13. The molecule has 6 atom stereocenters. The SMILES string of the molecule is N#Cc1cnc2c(Cc3cc(F)c(F)c([C@@]4(CF)N=C(N)S[C@H]5C[C@H]54)c3)ncnc2c1.NC1=N[C@](CF)(c2cc(Cc3ncnc4cc(Cl)cnc34)cc(F)c2F)[C@@H]2C[C@@H]2S1. The molecule has 0 unspecified atom stereocenters. The molecule has 6 heterocycles. The fourth-order valence-corrected chi connectivity index (χ4v) is 10.8. The zero-order valence-electron chi connectivity index (χ0n) is 31.5. The molecule has 61 heavy (non-hydrogen) atoms. The maximum atomic E-state index is 14.9. The molecule has 0 saturated heterocycles. The van der Waals surface area contributed by atoms with Gasteiger partial charge in [-0.3, -0.25) is 9.97 Å². The van der Waals surface area contributed by atoms with Crippen molar-refractivity contribution in [3.05, 3.63) is 129 Å². The summed E-state index contributed by atoms with van der Waals surface area (Å²) in [4.78, 5) is 33.7. The number of nitrogens with two attached hydrogens (primary N) is 2. The standard InChI is InChI=1S/C21H15F3N6S.C20H15ClF3N5S/c22-8-21(12-5-17(12)31-20(26)30-21)13-1-10(2-14(23)18(13)24)3-15-19-16(29-9-28-15)4-11(6-25)7-27-19;21-10-4-15-18(26-6-10)14(27-8-28-15)3-9-1-12(17(24)13(23)2-9)20(7-22)11-5-16(11)30-19(25)29-20/h1-2,4,7,9,12,17H,3,5,8H2,(H2,26,30);1-2,4,6,8,11,16H,3,5,7H2,(H2,25,29)/t12-,17+,21+;11-,16+,20+/m11/s1. The number of halogens is 7. The van der Waals surface area contributed by atoms with Crippen LogP contribution in [0, 0.1) is 46.4 Å². The summed E-state index contributed by atoms with van der Waals surface area (Å²) in [6.45, 7) is -1.92. The molecule has 4 aliphatic rings. The Hall–Kier alpha value is -5.58. The van der Waals surface area contributed by atoms with Gasteiger partial charge in [0.2, 0.25) is 0 Å². The number of nitrogens with zero attached hydrogens (tertiary/aromatic N) is 9. The third-order valence-corrected chi connectivity index (χ3v) is 13.8. The van der Waals surface area contributed by atoms with E-state index < -0.39 is 47.7 Å². The lowest BCUT2D eigenvalue weighted by Gasteiger charge is -2.32. The highest BCUT2D eigenvalue weighted by molar-refractivity contribution is 8.14. The Morgan fingerprint density at radius 1 is 0.672 bits per heavy atom. The summed E-state index contributed by atoms with van der Waals surface area (Å²) in [7, 11) is 0. The number of aliphatic imine (C=N–C) groups is 2. The highest BCUT2D eigenvalue weighted by atomic mass is 35.5. The van der Waals surface area contributed by atoms with E-state index in [2.05, 4.69) is 39.9 Å². The van der Waals surface area contributed by atoms with E-state index in [4.69, 9.17) is 28.3 Å². The van der Waals surface area contributed by atoms with Gasteiger partial charge in [-0.1, -0.05) is 35.1 Å². The largest absolute Gasteiger partial charge is 0.379 e. The molecule has 0 radical (unpaired) electrons. The van der Waals surface area contributed by atoms with E-state index in [0.717, 1.165) is 12.1 Å². The number of thioether (sulfide) groups is 2. The normalized spacial score (nSPS) is 24.8. The second-order valence-corrected chi connectivity index (χ2v) is 18.1. The Labute approximate surface area is 356 Å². The molecule has 11 nitrogen and oxygen atoms in total. The third kappa shape index (κ3) is 7.37. The van der Waals surface area contributed by atoms with Gasteiger partial charge in [-0.25, -0.2) is 56.3 Å². The Morgan fingerprint density at radius 2 is 1.15 bits per heavy atom. The summed E-state index contributed by atoms with van der Waals surface area (Å²) in [5.41, 5.74) is 12.6. The van der Waals surface area contributed by atoms with Crippen molar-refractivity contribution in [2.24, 2.45) is 33.3 Å². The summed E-state index contributed by atoms with van der Waals surface area (Å²) in [6, 6.07) is 10.3. The number of fused-ring (bicyclic) bond motifs is 4. The van der Waals surface area contributed by atoms with E-state index >= 15 is 0 Å². The van der Waals surface area contributed by atoms with Gasteiger partial charge in [-0.15, -0.1) is 0 Å². The number of amidine groups is 2. The van der Waals surface area contributed by atoms with Crippen LogP contribution in [0.5, 0.6) is 0 Å². The summed E-state index contributed by atoms with van der Waals surface area (Å²) in [5.74, 6) is -4.79. The highest BCUT2D eigenvalue weighted by Crippen LogP contribution is 2.59. The number of rotatable bonds is 8. The average Bonchev–Trinajstić information content (AvgIpc) is 4.19. The average molecular weight is 890 g/mol. The van der Waals surface area contributed by atoms with Crippen molar-refractivity contribution in [3.63, 3.8) is 0 Å². The first-order valence-corrected chi connectivity index (χ1v) is 20.9. The van der Waals surface area contributed by atoms with Gasteiger partial charge in [0.05, 0.1) is 33.0 Å². The van der Waals surface area contributed by atoms with Crippen LogP contribution in [-0.4, -0.2) is 64.1 Å². The summed E-state index contributed by atoms with van der Waals surface area (Å²) in [6.07, 6.45) is 7.12. The fourth-order valence-electron chi connectivity index (χ4n) is 8.25. The first-order valence-electron chi connectivity index (χ1n) is 18.7. The van der Waals surface area contributed by atoms with Crippen molar-refractivity contribution in [3.8, 4) is 6.07 Å². The lowest BCUT2D eigenvalue weighted by molar-refractivity contribution is 0.268. The van der Waals surface area contributed by atoms with Crippen LogP contribution in [0.3, 0.4) is 0 Å². The molecule has 0 bridgehead atoms. The molecular weight excluding hydrogens is 860 g/mol. The zero-order chi connectivity index (χ0) is 42.8. The Kier molecular flexibility index (Phi) is 10.5. The van der Waals surface area contributed by atoms with Crippen molar-refractivity contribution in [2.75, 3.05) is 13.3 Å². The number of nitriles is 1. The lowest BCUT2D eigenvalue weighted by atomic mass is 9.84. The van der Waals surface area contributed by atoms with E-state index in [-0.39, 0.29) is 56.6 Å². The van der Waals surface area contributed by atoms with E-state index in [1.165, 1.54) is 60.7 Å². The predicted molar refractivity (Wildman–Crippen MR) is 220 cm³/mol. The zero-order valence-corrected chi connectivity index (χ0v) is 33.9. The van der Waals surface area contributed by atoms with Gasteiger partial charge in [0.25, 0.3) is 0 Å². The molecule has 10 rings (SSSR count). The second-order valence-electron chi connectivity index (χ2n) is 15.1. The molecule has 20 heteroatoms. The Balaban J connectivity index is 0.000000156. The van der Waals surface area contributed by atoms with Crippen LogP contribution < -0.4 is 11.5 Å². The van der Waals surface area contributed by atoms with Crippen LogP contribution in [0.15, 0.2) is 71.4 Å². The molecule has 2 saturated carbocycles. The van der Waals surface area contributed by atoms with E-state index in [9.17, 15) is 26.3 Å². The van der Waals surface area contributed by atoms with Gasteiger partial charge in [0, 0.05) is 58.7 Å². The van der Waals surface area contributed by atoms with E-state index in [0.29, 0.717) is 68.0 Å². The van der Waals surface area contributed by atoms with Crippen LogP contribution >= 0.6 is 35.1 Å². The summed E-state index contributed by atoms with van der Waals surface area (Å²) >= 11 is 8.66. The molecule has 2 aromatic carbocycles. The maximum absolute atomic E-state index is 14.9. The highest BCUT2D eigenvalue weighted by Gasteiger charge is 2.60. The molecular formula is C41H30ClF6N11S2. The van der Waals surface area contributed by atoms with Gasteiger partial charge in [0.15, 0.2) is 33.6 Å². The first-order chi connectivity index (χ1) is 29.4. The van der Waals surface area contributed by atoms with Crippen molar-refractivity contribution in [2.45, 2.75) is 47.3 Å². The topological polar surface area (TPSA) is 178 Å². The van der Waals surface area contributed by atoms with E-state index in [1.807, 2.05) is 6.07 Å². The number of alkyl halides is 2. The van der Waals surface area contributed by atoms with Gasteiger partial charge in [0.1, 0.15) is 54.2 Å². The van der Waals surface area contributed by atoms with Crippen molar-refractivity contribution >= 4 is 67.5 Å². The minimum absolute atomic E-state index is 0.0590. The van der Waals surface area contributed by atoms with Crippen LogP contribution in [0.4, 0.5) is 26.3 Å². The molecule has 2 aliphatic heterocycles. The quantitative estimate of drug-likeness (QED) is 0.144. The second kappa shape index (κ2) is 15.7. The molecule has 6 aromatic rings. The molecule has 2 aliphatic carbocycles. The number of benzene rings is 2. The summed E-state index contributed by atoms with van der Waals surface area (Å²) < 4.78 is 87.4.